The van der Waals surface area contributed by atoms with E-state index in [2.05, 4.69) is 52.1 Å². The van der Waals surface area contributed by atoms with Crippen LogP contribution in [0.3, 0.4) is 0 Å². The Balaban J connectivity index is 1.39. The van der Waals surface area contributed by atoms with E-state index < -0.39 is 0 Å². The van der Waals surface area contributed by atoms with Crippen molar-refractivity contribution in [2.45, 2.75) is 38.6 Å². The number of hydrogen-bond acceptors (Lipinski definition) is 3. The van der Waals surface area contributed by atoms with Crippen molar-refractivity contribution < 1.29 is 9.21 Å². The third kappa shape index (κ3) is 4.20. The second kappa shape index (κ2) is 8.31. The maximum Gasteiger partial charge on any atom is 0.223 e. The van der Waals surface area contributed by atoms with Crippen molar-refractivity contribution in [1.82, 2.24) is 9.88 Å². The molecule has 28 heavy (non-hydrogen) atoms. The Labute approximate surface area is 173 Å². The number of rotatable bonds is 5. The van der Waals surface area contributed by atoms with E-state index in [4.69, 9.17) is 4.42 Å². The molecule has 0 bridgehead atoms. The highest BCUT2D eigenvalue weighted by Crippen LogP contribution is 2.33. The van der Waals surface area contributed by atoms with E-state index in [1.807, 2.05) is 29.2 Å². The lowest BCUT2D eigenvalue weighted by molar-refractivity contribution is -0.132. The normalized spacial score (nSPS) is 16.5. The lowest BCUT2D eigenvalue weighted by Crippen LogP contribution is -2.30. The fraction of sp³-hybridized carbons (Fsp3) is 0.304. The zero-order valence-electron chi connectivity index (χ0n) is 15.9. The molecule has 1 aliphatic rings. The molecule has 1 unspecified atom stereocenters. The van der Waals surface area contributed by atoms with Crippen LogP contribution < -0.4 is 0 Å². The van der Waals surface area contributed by atoms with Crippen molar-refractivity contribution in [1.29, 1.82) is 0 Å². The van der Waals surface area contributed by atoms with Crippen molar-refractivity contribution in [2.75, 3.05) is 6.54 Å². The number of halogens is 1. The van der Waals surface area contributed by atoms with E-state index >= 15 is 0 Å². The number of nitrogens with zero attached hydrogens (tertiary/aromatic N) is 2. The van der Waals surface area contributed by atoms with Crippen LogP contribution in [0.25, 0.3) is 11.3 Å². The Bertz CT molecular complexity index is 965. The van der Waals surface area contributed by atoms with E-state index in [0.29, 0.717) is 18.7 Å². The Hall–Kier alpha value is -2.40. The van der Waals surface area contributed by atoms with E-state index in [1.54, 1.807) is 6.20 Å². The SMILES string of the molecule is Cc1ccc(-c2cnc(CCC(=O)N3CCCC3c3cccc(Br)c3)o2)cc1. The van der Waals surface area contributed by atoms with Gasteiger partial charge in [-0.15, -0.1) is 0 Å². The zero-order chi connectivity index (χ0) is 19.5. The summed E-state index contributed by atoms with van der Waals surface area (Å²) < 4.78 is 6.91. The molecule has 144 valence electrons. The quantitative estimate of drug-likeness (QED) is 0.512. The summed E-state index contributed by atoms with van der Waals surface area (Å²) in [6.45, 7) is 2.87. The molecule has 1 saturated heterocycles. The molecule has 0 radical (unpaired) electrons. The highest BCUT2D eigenvalue weighted by Gasteiger charge is 2.29. The minimum atomic E-state index is 0.164. The van der Waals surface area contributed by atoms with E-state index in [0.717, 1.165) is 35.2 Å². The monoisotopic (exact) mass is 438 g/mol. The predicted molar refractivity (Wildman–Crippen MR) is 113 cm³/mol. The van der Waals surface area contributed by atoms with Gasteiger partial charge < -0.3 is 9.32 Å². The molecule has 1 aromatic heterocycles. The predicted octanol–water partition coefficient (Wildman–Crippen LogP) is 5.71. The number of aromatic nitrogens is 1. The highest BCUT2D eigenvalue weighted by molar-refractivity contribution is 9.10. The molecule has 4 nitrogen and oxygen atoms in total. The summed E-state index contributed by atoms with van der Waals surface area (Å²) in [5.41, 5.74) is 3.41. The second-order valence-electron chi connectivity index (χ2n) is 7.28. The average Bonchev–Trinajstić information content (AvgIpc) is 3.36. The van der Waals surface area contributed by atoms with Gasteiger partial charge in [-0.05, 0) is 37.5 Å². The Kier molecular flexibility index (Phi) is 5.62. The summed E-state index contributed by atoms with van der Waals surface area (Å²) >= 11 is 3.53. The maximum atomic E-state index is 12.8. The Morgan fingerprint density at radius 1 is 1.25 bits per heavy atom. The first-order valence-corrected chi connectivity index (χ1v) is 10.5. The maximum absolute atomic E-state index is 12.8. The van der Waals surface area contributed by atoms with Crippen LogP contribution in [0.5, 0.6) is 0 Å². The molecule has 0 spiro atoms. The molecule has 2 aromatic carbocycles. The van der Waals surface area contributed by atoms with Gasteiger partial charge in [0.1, 0.15) is 0 Å². The summed E-state index contributed by atoms with van der Waals surface area (Å²) in [5.74, 6) is 1.52. The minimum absolute atomic E-state index is 0.164. The number of amides is 1. The molecule has 1 amide bonds. The first-order valence-electron chi connectivity index (χ1n) is 9.67. The smallest absolute Gasteiger partial charge is 0.223 e. The Morgan fingerprint density at radius 2 is 2.07 bits per heavy atom. The number of carbonyl (C=O) groups is 1. The van der Waals surface area contributed by atoms with Crippen LogP contribution >= 0.6 is 15.9 Å². The number of hydrogen-bond donors (Lipinski definition) is 0. The van der Waals surface area contributed by atoms with Crippen LogP contribution in [-0.2, 0) is 11.2 Å². The zero-order valence-corrected chi connectivity index (χ0v) is 17.5. The summed E-state index contributed by atoms with van der Waals surface area (Å²) in [6, 6.07) is 16.6. The molecule has 5 heteroatoms. The molecule has 3 aromatic rings. The second-order valence-corrected chi connectivity index (χ2v) is 8.20. The Morgan fingerprint density at radius 3 is 2.86 bits per heavy atom. The number of likely N-dealkylation sites (tertiary alicyclic amines) is 1. The van der Waals surface area contributed by atoms with E-state index in [9.17, 15) is 4.79 Å². The summed E-state index contributed by atoms with van der Waals surface area (Å²) in [6.07, 6.45) is 4.73. The number of carbonyl (C=O) groups excluding carboxylic acids is 1. The largest absolute Gasteiger partial charge is 0.441 e. The van der Waals surface area contributed by atoms with Gasteiger partial charge in [0.2, 0.25) is 5.91 Å². The van der Waals surface area contributed by atoms with Crippen LogP contribution in [0.4, 0.5) is 0 Å². The van der Waals surface area contributed by atoms with E-state index in [1.165, 1.54) is 11.1 Å². The first kappa shape index (κ1) is 18.9. The third-order valence-corrected chi connectivity index (χ3v) is 5.74. The summed E-state index contributed by atoms with van der Waals surface area (Å²) in [7, 11) is 0. The summed E-state index contributed by atoms with van der Waals surface area (Å²) in [4.78, 5) is 19.2. The van der Waals surface area contributed by atoms with Crippen LogP contribution in [0, 0.1) is 6.92 Å². The van der Waals surface area contributed by atoms with Gasteiger partial charge in [-0.3, -0.25) is 4.79 Å². The molecular weight excluding hydrogens is 416 g/mol. The molecule has 4 rings (SSSR count). The average molecular weight is 439 g/mol. The highest BCUT2D eigenvalue weighted by atomic mass is 79.9. The van der Waals surface area contributed by atoms with Crippen molar-refractivity contribution in [3.05, 3.63) is 76.2 Å². The van der Waals surface area contributed by atoms with Crippen molar-refractivity contribution in [3.8, 4) is 11.3 Å². The molecule has 0 saturated carbocycles. The molecule has 0 aliphatic carbocycles. The molecule has 1 aliphatic heterocycles. The number of oxazole rings is 1. The molecule has 1 atom stereocenters. The van der Waals surface area contributed by atoms with Gasteiger partial charge in [0.25, 0.3) is 0 Å². The lowest BCUT2D eigenvalue weighted by Gasteiger charge is -2.25. The van der Waals surface area contributed by atoms with Crippen LogP contribution in [-0.4, -0.2) is 22.3 Å². The number of benzene rings is 2. The van der Waals surface area contributed by atoms with Crippen LogP contribution in [0.2, 0.25) is 0 Å². The molecule has 1 fully saturated rings. The fourth-order valence-electron chi connectivity index (χ4n) is 3.76. The van der Waals surface area contributed by atoms with Crippen molar-refractivity contribution in [2.24, 2.45) is 0 Å². The van der Waals surface area contributed by atoms with Crippen LogP contribution in [0.1, 0.15) is 42.3 Å². The van der Waals surface area contributed by atoms with Gasteiger partial charge in [0.15, 0.2) is 11.7 Å². The van der Waals surface area contributed by atoms with Crippen LogP contribution in [0.15, 0.2) is 63.6 Å². The molecule has 2 heterocycles. The van der Waals surface area contributed by atoms with E-state index in [-0.39, 0.29) is 11.9 Å². The molecule has 0 N–H and O–H groups in total. The fourth-order valence-corrected chi connectivity index (χ4v) is 4.18. The standard InChI is InChI=1S/C23H23BrN2O2/c1-16-7-9-17(10-8-16)21-15-25-22(28-21)11-12-23(27)26-13-3-6-20(26)18-4-2-5-19(24)14-18/h2,4-5,7-10,14-15,20H,3,6,11-13H2,1H3. The van der Waals surface area contributed by atoms with Gasteiger partial charge in [0, 0.05) is 29.4 Å². The number of aryl methyl sites for hydroxylation is 2. The minimum Gasteiger partial charge on any atom is -0.441 e. The van der Waals surface area contributed by atoms with Gasteiger partial charge in [-0.1, -0.05) is 57.9 Å². The third-order valence-electron chi connectivity index (χ3n) is 5.25. The van der Waals surface area contributed by atoms with Gasteiger partial charge in [-0.25, -0.2) is 4.98 Å². The lowest BCUT2D eigenvalue weighted by atomic mass is 10.0. The van der Waals surface area contributed by atoms with Crippen molar-refractivity contribution in [3.63, 3.8) is 0 Å². The topological polar surface area (TPSA) is 46.3 Å². The van der Waals surface area contributed by atoms with Gasteiger partial charge >= 0.3 is 0 Å². The summed E-state index contributed by atoms with van der Waals surface area (Å²) in [5, 5.41) is 0. The first-order chi connectivity index (χ1) is 13.6. The van der Waals surface area contributed by atoms with Gasteiger partial charge in [0.05, 0.1) is 12.2 Å². The molecular formula is C23H23BrN2O2. The van der Waals surface area contributed by atoms with Gasteiger partial charge in [-0.2, -0.15) is 0 Å². The van der Waals surface area contributed by atoms with Crippen molar-refractivity contribution >= 4 is 21.8 Å².